The number of nitrogens with one attached hydrogen (secondary N) is 3. The first kappa shape index (κ1) is 22.3. The van der Waals surface area contributed by atoms with Crippen molar-refractivity contribution >= 4 is 36.4 Å². The second-order valence-electron chi connectivity index (χ2n) is 8.37. The predicted octanol–water partition coefficient (Wildman–Crippen LogP) is 3.77. The van der Waals surface area contributed by atoms with Gasteiger partial charge in [-0.25, -0.2) is 4.98 Å². The van der Waals surface area contributed by atoms with Crippen molar-refractivity contribution in [1.82, 2.24) is 9.97 Å². The summed E-state index contributed by atoms with van der Waals surface area (Å²) in [4.78, 5) is 31.8. The van der Waals surface area contributed by atoms with Crippen LogP contribution < -0.4 is 20.6 Å². The van der Waals surface area contributed by atoms with Crippen LogP contribution in [-0.4, -0.2) is 37.0 Å². The van der Waals surface area contributed by atoms with E-state index in [0.717, 1.165) is 33.4 Å². The van der Waals surface area contributed by atoms with Crippen molar-refractivity contribution in [1.29, 1.82) is 0 Å². The molecule has 7 nitrogen and oxygen atoms in total. The average molecular weight is 437 g/mol. The summed E-state index contributed by atoms with van der Waals surface area (Å²) in [5.74, 6) is 0.403. The minimum absolute atomic E-state index is 0.154. The van der Waals surface area contributed by atoms with Crippen LogP contribution in [0.3, 0.4) is 0 Å². The van der Waals surface area contributed by atoms with Gasteiger partial charge in [-0.05, 0) is 28.9 Å². The molecular weight excluding hydrogens is 408 g/mol. The van der Waals surface area contributed by atoms with E-state index in [2.05, 4.69) is 40.2 Å². The van der Waals surface area contributed by atoms with Crippen molar-refractivity contribution in [2.45, 2.75) is 33.0 Å². The second kappa shape index (κ2) is 9.17. The van der Waals surface area contributed by atoms with Gasteiger partial charge in [0.15, 0.2) is 0 Å². The van der Waals surface area contributed by atoms with Gasteiger partial charge in [0.25, 0.3) is 0 Å². The molecule has 0 spiro atoms. The average Bonchev–Trinajstić information content (AvgIpc) is 3.20. The van der Waals surface area contributed by atoms with E-state index in [1.54, 1.807) is 19.6 Å². The zero-order valence-corrected chi connectivity index (χ0v) is 19.5. The van der Waals surface area contributed by atoms with Crippen LogP contribution in [0.2, 0.25) is 19.6 Å². The molecule has 2 amide bonds. The van der Waals surface area contributed by atoms with E-state index < -0.39 is 8.07 Å². The van der Waals surface area contributed by atoms with Gasteiger partial charge in [0.2, 0.25) is 11.8 Å². The number of hydrogen-bond acceptors (Lipinski definition) is 4. The van der Waals surface area contributed by atoms with Gasteiger partial charge in [-0.1, -0.05) is 37.8 Å². The molecule has 3 rings (SSSR count). The summed E-state index contributed by atoms with van der Waals surface area (Å²) in [5.41, 5.74) is 3.78. The Morgan fingerprint density at radius 1 is 1.06 bits per heavy atom. The number of aromatic amines is 1. The summed E-state index contributed by atoms with van der Waals surface area (Å²) in [6.45, 7) is 8.15. The van der Waals surface area contributed by atoms with E-state index >= 15 is 0 Å². The van der Waals surface area contributed by atoms with E-state index in [4.69, 9.17) is 4.74 Å². The maximum Gasteiger partial charge on any atom is 0.230 e. The second-order valence-corrected chi connectivity index (χ2v) is 13.4. The molecule has 0 aliphatic rings. The molecule has 0 radical (unpaired) electrons. The smallest absolute Gasteiger partial charge is 0.230 e. The fourth-order valence-electron chi connectivity index (χ4n) is 3.45. The van der Waals surface area contributed by atoms with Gasteiger partial charge >= 0.3 is 0 Å². The minimum Gasteiger partial charge on any atom is -0.497 e. The fourth-order valence-corrected chi connectivity index (χ4v) is 4.97. The Bertz CT molecular complexity index is 1070. The Kier molecular flexibility index (Phi) is 6.60. The molecule has 2 aromatic carbocycles. The van der Waals surface area contributed by atoms with E-state index in [-0.39, 0.29) is 18.2 Å². The highest BCUT2D eigenvalue weighted by Crippen LogP contribution is 2.36. The molecule has 0 aliphatic carbocycles. The number of methoxy groups -OCH3 is 1. The van der Waals surface area contributed by atoms with Crippen LogP contribution in [0.25, 0.3) is 11.1 Å². The molecule has 1 aromatic heterocycles. The largest absolute Gasteiger partial charge is 0.497 e. The summed E-state index contributed by atoms with van der Waals surface area (Å²) in [7, 11) is -0.225. The first-order valence-corrected chi connectivity index (χ1v) is 13.6. The highest BCUT2D eigenvalue weighted by atomic mass is 28.3. The summed E-state index contributed by atoms with van der Waals surface area (Å²) < 4.78 is 5.29. The Morgan fingerprint density at radius 3 is 2.32 bits per heavy atom. The van der Waals surface area contributed by atoms with Gasteiger partial charge in [-0.3, -0.25) is 9.59 Å². The molecule has 0 saturated heterocycles. The van der Waals surface area contributed by atoms with Gasteiger partial charge < -0.3 is 20.4 Å². The lowest BCUT2D eigenvalue weighted by Gasteiger charge is -2.26. The summed E-state index contributed by atoms with van der Waals surface area (Å²) >= 11 is 0. The van der Waals surface area contributed by atoms with Gasteiger partial charge in [-0.15, -0.1) is 0 Å². The van der Waals surface area contributed by atoms with Crippen LogP contribution >= 0.6 is 0 Å². The minimum atomic E-state index is -1.84. The highest BCUT2D eigenvalue weighted by Gasteiger charge is 2.26. The van der Waals surface area contributed by atoms with Crippen molar-refractivity contribution in [2.75, 3.05) is 17.7 Å². The van der Waals surface area contributed by atoms with E-state index in [0.29, 0.717) is 5.69 Å². The first-order valence-electron chi connectivity index (χ1n) is 10.1. The lowest BCUT2D eigenvalue weighted by atomic mass is 10.0. The number of anilines is 2. The molecule has 0 fully saturated rings. The van der Waals surface area contributed by atoms with Crippen LogP contribution in [0, 0.1) is 0 Å². The molecule has 3 aromatic rings. The van der Waals surface area contributed by atoms with Gasteiger partial charge in [0, 0.05) is 30.1 Å². The fraction of sp³-hybridized carbons (Fsp3) is 0.261. The molecule has 0 bridgehead atoms. The Labute approximate surface area is 183 Å². The Hall–Kier alpha value is -3.39. The monoisotopic (exact) mass is 436 g/mol. The van der Waals surface area contributed by atoms with Gasteiger partial charge in [0.1, 0.15) is 5.75 Å². The number of ether oxygens (including phenoxy) is 1. The first-order chi connectivity index (χ1) is 14.7. The molecule has 0 unspecified atom stereocenters. The van der Waals surface area contributed by atoms with Gasteiger partial charge in [0.05, 0.1) is 33.6 Å². The number of rotatable bonds is 7. The van der Waals surface area contributed by atoms with E-state index in [9.17, 15) is 9.59 Å². The molecule has 8 heteroatoms. The number of H-pyrrole nitrogens is 1. The van der Waals surface area contributed by atoms with Crippen molar-refractivity contribution in [2.24, 2.45) is 0 Å². The molecule has 3 N–H and O–H groups in total. The van der Waals surface area contributed by atoms with Crippen molar-refractivity contribution in [3.8, 4) is 16.9 Å². The third kappa shape index (κ3) is 5.40. The van der Waals surface area contributed by atoms with E-state index in [1.165, 1.54) is 6.92 Å². The number of aromatic nitrogens is 2. The SMILES string of the molecule is COc1ccc(-c2c(NC(C)=O)ccc([Si](C)(C)C)c2NC(=O)Cc2cnc[nH]2)cc1. The number of benzene rings is 2. The van der Waals surface area contributed by atoms with Crippen LogP contribution in [0.5, 0.6) is 5.75 Å². The maximum atomic E-state index is 12.9. The topological polar surface area (TPSA) is 96.1 Å². The lowest BCUT2D eigenvalue weighted by Crippen LogP contribution is -2.40. The van der Waals surface area contributed by atoms with Crippen LogP contribution in [0.4, 0.5) is 11.4 Å². The number of imidazole rings is 1. The quantitative estimate of drug-likeness (QED) is 0.491. The molecule has 1 heterocycles. The number of hydrogen-bond donors (Lipinski definition) is 3. The zero-order chi connectivity index (χ0) is 22.6. The summed E-state index contributed by atoms with van der Waals surface area (Å²) in [5, 5.41) is 7.15. The predicted molar refractivity (Wildman–Crippen MR) is 127 cm³/mol. The number of nitrogens with zero attached hydrogens (tertiary/aromatic N) is 1. The Morgan fingerprint density at radius 2 is 1.77 bits per heavy atom. The summed E-state index contributed by atoms with van der Waals surface area (Å²) in [6.07, 6.45) is 3.37. The molecule has 0 aliphatic heterocycles. The lowest BCUT2D eigenvalue weighted by molar-refractivity contribution is -0.116. The van der Waals surface area contributed by atoms with Crippen LogP contribution in [-0.2, 0) is 16.0 Å². The summed E-state index contributed by atoms with van der Waals surface area (Å²) in [6, 6.07) is 11.5. The maximum absolute atomic E-state index is 12.9. The van der Waals surface area contributed by atoms with Crippen molar-refractivity contribution < 1.29 is 14.3 Å². The molecule has 31 heavy (non-hydrogen) atoms. The molecule has 162 valence electrons. The number of carbonyl (C=O) groups is 2. The van der Waals surface area contributed by atoms with Crippen molar-refractivity contribution in [3.05, 3.63) is 54.6 Å². The zero-order valence-electron chi connectivity index (χ0n) is 18.5. The van der Waals surface area contributed by atoms with Crippen LogP contribution in [0.15, 0.2) is 48.9 Å². The normalized spacial score (nSPS) is 11.1. The number of amides is 2. The third-order valence-electron chi connectivity index (χ3n) is 4.87. The third-order valence-corrected chi connectivity index (χ3v) is 6.91. The highest BCUT2D eigenvalue weighted by molar-refractivity contribution is 6.90. The van der Waals surface area contributed by atoms with Crippen molar-refractivity contribution in [3.63, 3.8) is 0 Å². The molecular formula is C23H28N4O3Si. The van der Waals surface area contributed by atoms with E-state index in [1.807, 2.05) is 36.4 Å². The van der Waals surface area contributed by atoms with Crippen LogP contribution in [0.1, 0.15) is 12.6 Å². The Balaban J connectivity index is 2.16. The molecule has 0 saturated carbocycles. The number of carbonyl (C=O) groups excluding carboxylic acids is 2. The standard InChI is InChI=1S/C23H28N4O3Si/c1-15(28)26-19-10-11-20(31(3,4)5)23(27-21(29)12-17-13-24-14-25-17)22(19)16-6-8-18(30-2)9-7-16/h6-11,13-14H,12H2,1-5H3,(H,24,25)(H,26,28)(H,27,29). The van der Waals surface area contributed by atoms with Gasteiger partial charge in [-0.2, -0.15) is 0 Å². The molecule has 0 atom stereocenters.